The number of hydrogen-bond acceptors (Lipinski definition) is 3. The molecule has 0 aliphatic carbocycles. The van der Waals surface area contributed by atoms with Crippen molar-refractivity contribution in [3.8, 4) is 0 Å². The van der Waals surface area contributed by atoms with Crippen molar-refractivity contribution in [1.29, 1.82) is 0 Å². The first kappa shape index (κ1) is 9.06. The maximum atomic E-state index is 5.36. The van der Waals surface area contributed by atoms with Crippen molar-refractivity contribution >= 4 is 5.69 Å². The molecule has 0 bridgehead atoms. The second-order valence-electron chi connectivity index (χ2n) is 3.96. The van der Waals surface area contributed by atoms with Crippen molar-refractivity contribution in [3.05, 3.63) is 11.9 Å². The van der Waals surface area contributed by atoms with Gasteiger partial charge in [0, 0.05) is 18.7 Å². The molecule has 4 nitrogen and oxygen atoms in total. The number of nitrogens with two attached hydrogens (primary N) is 1. The van der Waals surface area contributed by atoms with E-state index in [4.69, 9.17) is 5.84 Å². The van der Waals surface area contributed by atoms with Gasteiger partial charge < -0.3 is 5.43 Å². The number of aromatic nitrogens is 2. The lowest BCUT2D eigenvalue weighted by Gasteiger charge is -2.16. The zero-order valence-electron chi connectivity index (χ0n) is 8.05. The smallest absolute Gasteiger partial charge is 0.0922 e. The molecule has 1 aromatic rings. The third kappa shape index (κ3) is 1.58. The van der Waals surface area contributed by atoms with Gasteiger partial charge in [-0.1, -0.05) is 20.8 Å². The van der Waals surface area contributed by atoms with Gasteiger partial charge in [0.15, 0.2) is 0 Å². The van der Waals surface area contributed by atoms with Gasteiger partial charge in [0.1, 0.15) is 0 Å². The summed E-state index contributed by atoms with van der Waals surface area (Å²) in [5, 5.41) is 4.33. The van der Waals surface area contributed by atoms with Gasteiger partial charge in [0.2, 0.25) is 0 Å². The van der Waals surface area contributed by atoms with Crippen LogP contribution in [0.25, 0.3) is 0 Å². The molecule has 1 rings (SSSR count). The maximum absolute atomic E-state index is 5.36. The zero-order chi connectivity index (χ0) is 9.35. The van der Waals surface area contributed by atoms with Crippen molar-refractivity contribution in [2.24, 2.45) is 12.9 Å². The molecule has 0 saturated heterocycles. The highest BCUT2D eigenvalue weighted by molar-refractivity contribution is 5.48. The Labute approximate surface area is 72.7 Å². The van der Waals surface area contributed by atoms with Gasteiger partial charge in [-0.3, -0.25) is 10.5 Å². The lowest BCUT2D eigenvalue weighted by molar-refractivity contribution is 0.554. The highest BCUT2D eigenvalue weighted by Crippen LogP contribution is 2.26. The zero-order valence-corrected chi connectivity index (χ0v) is 8.05. The van der Waals surface area contributed by atoms with Crippen LogP contribution in [0.15, 0.2) is 6.20 Å². The Morgan fingerprint density at radius 1 is 1.50 bits per heavy atom. The minimum Gasteiger partial charge on any atom is -0.321 e. The molecule has 0 aromatic carbocycles. The molecule has 0 fully saturated rings. The molecule has 4 heteroatoms. The Kier molecular flexibility index (Phi) is 2.10. The molecule has 3 N–H and O–H groups in total. The van der Waals surface area contributed by atoms with E-state index in [-0.39, 0.29) is 5.41 Å². The molecule has 1 aromatic heterocycles. The molecule has 0 amide bonds. The molecule has 0 aliphatic heterocycles. The largest absolute Gasteiger partial charge is 0.321 e. The number of hydrazine groups is 1. The lowest BCUT2D eigenvalue weighted by Crippen LogP contribution is -2.17. The summed E-state index contributed by atoms with van der Waals surface area (Å²) in [7, 11) is 1.88. The van der Waals surface area contributed by atoms with Crippen molar-refractivity contribution in [3.63, 3.8) is 0 Å². The Hall–Kier alpha value is -1.03. The van der Waals surface area contributed by atoms with E-state index >= 15 is 0 Å². The third-order valence-electron chi connectivity index (χ3n) is 1.69. The third-order valence-corrected chi connectivity index (χ3v) is 1.69. The van der Waals surface area contributed by atoms with Gasteiger partial charge in [-0.05, 0) is 0 Å². The Bertz CT molecular complexity index is 269. The lowest BCUT2D eigenvalue weighted by atomic mass is 9.91. The number of anilines is 1. The van der Waals surface area contributed by atoms with Crippen LogP contribution in [0.4, 0.5) is 5.69 Å². The van der Waals surface area contributed by atoms with Crippen LogP contribution in [0.5, 0.6) is 0 Å². The van der Waals surface area contributed by atoms with Crippen LogP contribution in [0.3, 0.4) is 0 Å². The number of nitrogens with zero attached hydrogens (tertiary/aromatic N) is 2. The van der Waals surface area contributed by atoms with Gasteiger partial charge in [0.05, 0.1) is 11.4 Å². The van der Waals surface area contributed by atoms with E-state index in [0.717, 1.165) is 11.4 Å². The van der Waals surface area contributed by atoms with E-state index in [1.165, 1.54) is 0 Å². The van der Waals surface area contributed by atoms with Gasteiger partial charge in [-0.25, -0.2) is 0 Å². The number of hydrogen-bond donors (Lipinski definition) is 2. The summed E-state index contributed by atoms with van der Waals surface area (Å²) in [6, 6.07) is 0. The van der Waals surface area contributed by atoms with Crippen LogP contribution >= 0.6 is 0 Å². The van der Waals surface area contributed by atoms with E-state index in [9.17, 15) is 0 Å². The first-order valence-electron chi connectivity index (χ1n) is 3.96. The van der Waals surface area contributed by atoms with E-state index in [2.05, 4.69) is 31.3 Å². The summed E-state index contributed by atoms with van der Waals surface area (Å²) in [6.07, 6.45) is 1.88. The van der Waals surface area contributed by atoms with E-state index in [0.29, 0.717) is 0 Å². The van der Waals surface area contributed by atoms with E-state index < -0.39 is 0 Å². The molecule has 0 aliphatic rings. The van der Waals surface area contributed by atoms with Crippen molar-refractivity contribution in [1.82, 2.24) is 9.78 Å². The first-order valence-corrected chi connectivity index (χ1v) is 3.96. The normalized spacial score (nSPS) is 11.8. The van der Waals surface area contributed by atoms with Crippen LogP contribution in [0.2, 0.25) is 0 Å². The SMILES string of the molecule is Cn1cc(NN)c(C(C)(C)C)n1. The number of nitrogens with one attached hydrogen (secondary N) is 1. The van der Waals surface area contributed by atoms with Gasteiger partial charge in [-0.15, -0.1) is 0 Å². The van der Waals surface area contributed by atoms with Crippen LogP contribution in [0.1, 0.15) is 26.5 Å². The van der Waals surface area contributed by atoms with E-state index in [1.54, 1.807) is 4.68 Å². The average Bonchev–Trinajstić information content (AvgIpc) is 2.29. The molecule has 0 spiro atoms. The van der Waals surface area contributed by atoms with Crippen molar-refractivity contribution < 1.29 is 0 Å². The Balaban J connectivity index is 3.13. The quantitative estimate of drug-likeness (QED) is 0.486. The maximum Gasteiger partial charge on any atom is 0.0922 e. The van der Waals surface area contributed by atoms with E-state index in [1.807, 2.05) is 13.2 Å². The summed E-state index contributed by atoms with van der Waals surface area (Å²) in [4.78, 5) is 0. The molecule has 0 atom stereocenters. The van der Waals surface area contributed by atoms with Gasteiger partial charge in [-0.2, -0.15) is 5.10 Å². The highest BCUT2D eigenvalue weighted by Gasteiger charge is 2.21. The van der Waals surface area contributed by atoms with Crippen LogP contribution in [0, 0.1) is 0 Å². The fourth-order valence-corrected chi connectivity index (χ4v) is 1.15. The second-order valence-corrected chi connectivity index (χ2v) is 3.96. The minimum atomic E-state index is 0.0307. The second kappa shape index (κ2) is 2.79. The molecule has 0 unspecified atom stereocenters. The first-order chi connectivity index (χ1) is 5.45. The van der Waals surface area contributed by atoms with Crippen molar-refractivity contribution in [2.45, 2.75) is 26.2 Å². The van der Waals surface area contributed by atoms with Gasteiger partial charge >= 0.3 is 0 Å². The fraction of sp³-hybridized carbons (Fsp3) is 0.625. The number of nitrogen functional groups attached to an aromatic ring is 1. The Morgan fingerprint density at radius 2 is 2.08 bits per heavy atom. The topological polar surface area (TPSA) is 55.9 Å². The summed E-state index contributed by atoms with van der Waals surface area (Å²) >= 11 is 0. The highest BCUT2D eigenvalue weighted by atomic mass is 15.3. The Morgan fingerprint density at radius 3 is 2.42 bits per heavy atom. The molecule has 12 heavy (non-hydrogen) atoms. The predicted molar refractivity (Wildman–Crippen MR) is 49.7 cm³/mol. The summed E-state index contributed by atoms with van der Waals surface area (Å²) in [5.41, 5.74) is 4.56. The van der Waals surface area contributed by atoms with Crippen LogP contribution in [-0.2, 0) is 12.5 Å². The molecular formula is C8H16N4. The predicted octanol–water partition coefficient (Wildman–Crippen LogP) is 1.00. The fourth-order valence-electron chi connectivity index (χ4n) is 1.15. The summed E-state index contributed by atoms with van der Waals surface area (Å²) < 4.78 is 1.76. The standard InChI is InChI=1S/C8H16N4/c1-8(2,3)7-6(10-9)5-12(4)11-7/h5,10H,9H2,1-4H3. The molecule has 0 saturated carbocycles. The molecule has 1 heterocycles. The average molecular weight is 168 g/mol. The molecular weight excluding hydrogens is 152 g/mol. The monoisotopic (exact) mass is 168 g/mol. The molecule has 0 radical (unpaired) electrons. The number of rotatable bonds is 1. The summed E-state index contributed by atoms with van der Waals surface area (Å²) in [5.74, 6) is 5.36. The molecule has 68 valence electrons. The van der Waals surface area contributed by atoms with Crippen molar-refractivity contribution in [2.75, 3.05) is 5.43 Å². The van der Waals surface area contributed by atoms with Crippen LogP contribution < -0.4 is 11.3 Å². The van der Waals surface area contributed by atoms with Crippen LogP contribution in [-0.4, -0.2) is 9.78 Å². The minimum absolute atomic E-state index is 0.0307. The number of aryl methyl sites for hydroxylation is 1. The summed E-state index contributed by atoms with van der Waals surface area (Å²) in [6.45, 7) is 6.32. The van der Waals surface area contributed by atoms with Gasteiger partial charge in [0.25, 0.3) is 0 Å².